The first-order valence-electron chi connectivity index (χ1n) is 7.30. The van der Waals surface area contributed by atoms with Gasteiger partial charge in [-0.1, -0.05) is 12.2 Å². The Kier molecular flexibility index (Phi) is 3.87. The molecule has 1 aliphatic heterocycles. The number of carbonyl (C=O) groups excluding carboxylic acids is 1. The van der Waals surface area contributed by atoms with Gasteiger partial charge < -0.3 is 10.1 Å². The quantitative estimate of drug-likeness (QED) is 0.850. The average molecular weight is 275 g/mol. The van der Waals surface area contributed by atoms with Crippen LogP contribution in [0.1, 0.15) is 36.2 Å². The van der Waals surface area contributed by atoms with Gasteiger partial charge in [0.1, 0.15) is 0 Å². The van der Waals surface area contributed by atoms with Crippen molar-refractivity contribution in [3.05, 3.63) is 29.1 Å². The van der Waals surface area contributed by atoms with Gasteiger partial charge in [0, 0.05) is 30.6 Å². The predicted octanol–water partition coefficient (Wildman–Crippen LogP) is 1.47. The Morgan fingerprint density at radius 2 is 2.45 bits per heavy atom. The maximum Gasteiger partial charge on any atom is 0.223 e. The van der Waals surface area contributed by atoms with Gasteiger partial charge in [0.2, 0.25) is 5.91 Å². The Balaban J connectivity index is 1.63. The van der Waals surface area contributed by atoms with Crippen molar-refractivity contribution < 1.29 is 9.53 Å². The van der Waals surface area contributed by atoms with Crippen molar-refractivity contribution in [2.75, 3.05) is 6.61 Å². The minimum Gasteiger partial charge on any atom is -0.376 e. The number of hydrogen-bond acceptors (Lipinski definition) is 3. The molecule has 0 saturated carbocycles. The van der Waals surface area contributed by atoms with Crippen LogP contribution in [0.5, 0.6) is 0 Å². The van der Waals surface area contributed by atoms with Gasteiger partial charge in [-0.05, 0) is 19.3 Å². The summed E-state index contributed by atoms with van der Waals surface area (Å²) >= 11 is 0. The molecule has 1 amide bonds. The van der Waals surface area contributed by atoms with E-state index in [1.165, 1.54) is 5.69 Å². The van der Waals surface area contributed by atoms with Crippen LogP contribution in [0.3, 0.4) is 0 Å². The van der Waals surface area contributed by atoms with E-state index in [0.29, 0.717) is 13.2 Å². The maximum atomic E-state index is 12.1. The number of rotatable bonds is 3. The van der Waals surface area contributed by atoms with Crippen molar-refractivity contribution in [2.45, 2.75) is 38.8 Å². The van der Waals surface area contributed by atoms with Gasteiger partial charge in [0.25, 0.3) is 0 Å². The van der Waals surface area contributed by atoms with Crippen molar-refractivity contribution in [2.24, 2.45) is 13.0 Å². The zero-order valence-corrected chi connectivity index (χ0v) is 11.9. The molecule has 2 heterocycles. The molecule has 5 nitrogen and oxygen atoms in total. The average Bonchev–Trinajstić information content (AvgIpc) is 2.83. The number of carbonyl (C=O) groups is 1. The summed E-state index contributed by atoms with van der Waals surface area (Å²) in [5, 5.41) is 7.55. The van der Waals surface area contributed by atoms with Gasteiger partial charge in [0.05, 0.1) is 25.5 Å². The standard InChI is InChI=1S/C15H21N3O2/c1-18-14-7-8-20-10-12(14)13(17-18)9-16-15(19)11-5-3-2-4-6-11/h2-3,11H,4-10H2,1H3,(H,16,19). The van der Waals surface area contributed by atoms with Crippen LogP contribution >= 0.6 is 0 Å². The molecule has 108 valence electrons. The van der Waals surface area contributed by atoms with Crippen molar-refractivity contribution in [1.82, 2.24) is 15.1 Å². The molecule has 1 unspecified atom stereocenters. The van der Waals surface area contributed by atoms with E-state index in [0.717, 1.165) is 43.5 Å². The minimum atomic E-state index is 0.121. The minimum absolute atomic E-state index is 0.121. The number of nitrogens with zero attached hydrogens (tertiary/aromatic N) is 2. The molecule has 0 bridgehead atoms. The molecular formula is C15H21N3O2. The number of aromatic nitrogens is 2. The number of amides is 1. The monoisotopic (exact) mass is 275 g/mol. The van der Waals surface area contributed by atoms with Gasteiger partial charge in [0.15, 0.2) is 0 Å². The number of allylic oxidation sites excluding steroid dienone is 2. The molecule has 1 atom stereocenters. The predicted molar refractivity (Wildman–Crippen MR) is 74.9 cm³/mol. The smallest absolute Gasteiger partial charge is 0.223 e. The summed E-state index contributed by atoms with van der Waals surface area (Å²) in [5.74, 6) is 0.265. The lowest BCUT2D eigenvalue weighted by Gasteiger charge is -2.17. The molecule has 0 saturated heterocycles. The van der Waals surface area contributed by atoms with Crippen LogP contribution in [0.15, 0.2) is 12.2 Å². The van der Waals surface area contributed by atoms with Crippen LogP contribution in [-0.2, 0) is 36.2 Å². The van der Waals surface area contributed by atoms with Crippen molar-refractivity contribution in [3.63, 3.8) is 0 Å². The summed E-state index contributed by atoms with van der Waals surface area (Å²) in [5.41, 5.74) is 3.34. The molecule has 1 aromatic rings. The van der Waals surface area contributed by atoms with Crippen LogP contribution in [0.4, 0.5) is 0 Å². The third-order valence-corrected chi connectivity index (χ3v) is 4.16. The molecule has 1 aliphatic carbocycles. The normalized spacial score (nSPS) is 21.6. The molecule has 0 aromatic carbocycles. The number of aryl methyl sites for hydroxylation is 1. The van der Waals surface area contributed by atoms with E-state index in [2.05, 4.69) is 22.6 Å². The van der Waals surface area contributed by atoms with E-state index in [4.69, 9.17) is 4.74 Å². The molecule has 1 aromatic heterocycles. The van der Waals surface area contributed by atoms with Crippen molar-refractivity contribution in [3.8, 4) is 0 Å². The first-order chi connectivity index (χ1) is 9.75. The Hall–Kier alpha value is -1.62. The SMILES string of the molecule is Cn1nc(CNC(=O)C2CC=CCC2)c2c1CCOC2. The summed E-state index contributed by atoms with van der Waals surface area (Å²) < 4.78 is 7.42. The van der Waals surface area contributed by atoms with Crippen LogP contribution in [-0.4, -0.2) is 22.3 Å². The van der Waals surface area contributed by atoms with E-state index < -0.39 is 0 Å². The van der Waals surface area contributed by atoms with E-state index >= 15 is 0 Å². The first kappa shape index (κ1) is 13.4. The van der Waals surface area contributed by atoms with Crippen molar-refractivity contribution in [1.29, 1.82) is 0 Å². The first-order valence-corrected chi connectivity index (χ1v) is 7.30. The van der Waals surface area contributed by atoms with Gasteiger partial charge >= 0.3 is 0 Å². The van der Waals surface area contributed by atoms with Gasteiger partial charge in [-0.25, -0.2) is 0 Å². The fraction of sp³-hybridized carbons (Fsp3) is 0.600. The molecule has 0 spiro atoms. The summed E-state index contributed by atoms with van der Waals surface area (Å²) in [7, 11) is 1.96. The Labute approximate surface area is 119 Å². The molecule has 3 rings (SSSR count). The van der Waals surface area contributed by atoms with Gasteiger partial charge in [-0.15, -0.1) is 0 Å². The third-order valence-electron chi connectivity index (χ3n) is 4.16. The van der Waals surface area contributed by atoms with Crippen LogP contribution in [0.2, 0.25) is 0 Å². The highest BCUT2D eigenvalue weighted by Crippen LogP contribution is 2.21. The zero-order valence-electron chi connectivity index (χ0n) is 11.9. The molecule has 2 aliphatic rings. The lowest BCUT2D eigenvalue weighted by atomic mass is 9.93. The lowest BCUT2D eigenvalue weighted by molar-refractivity contribution is -0.125. The fourth-order valence-electron chi connectivity index (χ4n) is 2.97. The second kappa shape index (κ2) is 5.79. The Morgan fingerprint density at radius 3 is 3.25 bits per heavy atom. The Bertz CT molecular complexity index is 533. The largest absolute Gasteiger partial charge is 0.376 e. The number of hydrogen-bond donors (Lipinski definition) is 1. The van der Waals surface area contributed by atoms with E-state index in [1.807, 2.05) is 11.7 Å². The second-order valence-electron chi connectivity index (χ2n) is 5.50. The number of fused-ring (bicyclic) bond motifs is 1. The topological polar surface area (TPSA) is 56.2 Å². The van der Waals surface area contributed by atoms with Crippen LogP contribution in [0.25, 0.3) is 0 Å². The summed E-state index contributed by atoms with van der Waals surface area (Å²) in [6.07, 6.45) is 7.96. The van der Waals surface area contributed by atoms with E-state index in [-0.39, 0.29) is 11.8 Å². The maximum absolute atomic E-state index is 12.1. The molecule has 20 heavy (non-hydrogen) atoms. The third kappa shape index (κ3) is 2.63. The second-order valence-corrected chi connectivity index (χ2v) is 5.50. The van der Waals surface area contributed by atoms with Crippen LogP contribution < -0.4 is 5.32 Å². The number of nitrogens with one attached hydrogen (secondary N) is 1. The fourth-order valence-corrected chi connectivity index (χ4v) is 2.97. The summed E-state index contributed by atoms with van der Waals surface area (Å²) in [6.45, 7) is 1.87. The highest BCUT2D eigenvalue weighted by molar-refractivity contribution is 5.78. The van der Waals surface area contributed by atoms with E-state index in [1.54, 1.807) is 0 Å². The highest BCUT2D eigenvalue weighted by Gasteiger charge is 2.22. The zero-order chi connectivity index (χ0) is 13.9. The summed E-state index contributed by atoms with van der Waals surface area (Å²) in [6, 6.07) is 0. The van der Waals surface area contributed by atoms with Gasteiger partial charge in [-0.2, -0.15) is 5.10 Å². The van der Waals surface area contributed by atoms with Gasteiger partial charge in [-0.3, -0.25) is 9.48 Å². The Morgan fingerprint density at radius 1 is 1.55 bits per heavy atom. The molecule has 5 heteroatoms. The van der Waals surface area contributed by atoms with Crippen LogP contribution in [0, 0.1) is 5.92 Å². The highest BCUT2D eigenvalue weighted by atomic mass is 16.5. The molecule has 1 N–H and O–H groups in total. The molecular weight excluding hydrogens is 254 g/mol. The molecule has 0 radical (unpaired) electrons. The van der Waals surface area contributed by atoms with Crippen molar-refractivity contribution >= 4 is 5.91 Å². The summed E-state index contributed by atoms with van der Waals surface area (Å²) in [4.78, 5) is 12.1. The lowest BCUT2D eigenvalue weighted by Crippen LogP contribution is -2.31. The van der Waals surface area contributed by atoms with E-state index in [9.17, 15) is 4.79 Å². The number of ether oxygens (including phenoxy) is 1. The molecule has 0 fully saturated rings.